The molecule has 0 spiro atoms. The van der Waals surface area contributed by atoms with Gasteiger partial charge in [-0.25, -0.2) is 9.97 Å². The van der Waals surface area contributed by atoms with E-state index in [4.69, 9.17) is 26.3 Å². The zero-order chi connectivity index (χ0) is 22.8. The second-order valence-electron chi connectivity index (χ2n) is 9.18. The molecule has 1 fully saturated rings. The number of likely N-dealkylation sites (tertiary alicyclic amines) is 1. The fourth-order valence-corrected chi connectivity index (χ4v) is 5.22. The van der Waals surface area contributed by atoms with Crippen molar-refractivity contribution in [1.29, 1.82) is 0 Å². The van der Waals surface area contributed by atoms with Crippen LogP contribution in [0, 0.1) is 5.92 Å². The Kier molecular flexibility index (Phi) is 6.67. The van der Waals surface area contributed by atoms with Crippen molar-refractivity contribution < 1.29 is 4.74 Å². The van der Waals surface area contributed by atoms with Crippen molar-refractivity contribution in [2.45, 2.75) is 39.7 Å². The van der Waals surface area contributed by atoms with Crippen LogP contribution in [0.5, 0.6) is 5.75 Å². The first kappa shape index (κ1) is 22.4. The topological polar surface area (TPSA) is 54.0 Å². The summed E-state index contributed by atoms with van der Waals surface area (Å²) in [5, 5.41) is 3.79. The van der Waals surface area contributed by atoms with Crippen LogP contribution in [0.3, 0.4) is 0 Å². The first-order chi connectivity index (χ1) is 16.0. The van der Waals surface area contributed by atoms with Gasteiger partial charge in [0.25, 0.3) is 0 Å². The summed E-state index contributed by atoms with van der Waals surface area (Å²) in [6.07, 6.45) is 3.30. The van der Waals surface area contributed by atoms with Crippen molar-refractivity contribution in [3.05, 3.63) is 62.9 Å². The Morgan fingerprint density at radius 3 is 2.79 bits per heavy atom. The zero-order valence-electron chi connectivity index (χ0n) is 19.1. The summed E-state index contributed by atoms with van der Waals surface area (Å²) in [5.41, 5.74) is 5.30. The number of rotatable bonds is 8. The Labute approximate surface area is 203 Å². The van der Waals surface area contributed by atoms with Gasteiger partial charge in [-0.2, -0.15) is 0 Å². The minimum atomic E-state index is 0.462. The number of imidazole rings is 1. The molecule has 4 aromatic rings. The summed E-state index contributed by atoms with van der Waals surface area (Å²) in [4.78, 5) is 15.6. The van der Waals surface area contributed by atoms with Crippen molar-refractivity contribution in [1.82, 2.24) is 19.9 Å². The van der Waals surface area contributed by atoms with E-state index in [0.717, 1.165) is 45.4 Å². The van der Waals surface area contributed by atoms with E-state index in [9.17, 15) is 0 Å². The van der Waals surface area contributed by atoms with Crippen LogP contribution >= 0.6 is 22.9 Å². The number of thiazole rings is 1. The Morgan fingerprint density at radius 2 is 1.97 bits per heavy atom. The average molecular weight is 481 g/mol. The number of aromatic amines is 1. The molecule has 0 unspecified atom stereocenters. The molecule has 0 amide bonds. The molecule has 5 rings (SSSR count). The maximum Gasteiger partial charge on any atom is 0.158 e. The van der Waals surface area contributed by atoms with Crippen molar-refractivity contribution in [2.75, 3.05) is 19.7 Å². The monoisotopic (exact) mass is 480 g/mol. The molecule has 7 heteroatoms. The number of hydrogen-bond donors (Lipinski definition) is 1. The summed E-state index contributed by atoms with van der Waals surface area (Å²) in [6, 6.07) is 12.3. The molecule has 1 aliphatic heterocycles. The third-order valence-electron chi connectivity index (χ3n) is 5.88. The van der Waals surface area contributed by atoms with Crippen molar-refractivity contribution in [2.24, 2.45) is 5.92 Å². The lowest BCUT2D eigenvalue weighted by Crippen LogP contribution is -2.18. The highest BCUT2D eigenvalue weighted by atomic mass is 35.5. The van der Waals surface area contributed by atoms with Crippen LogP contribution in [0.1, 0.15) is 42.8 Å². The van der Waals surface area contributed by atoms with E-state index in [2.05, 4.69) is 47.3 Å². The van der Waals surface area contributed by atoms with Gasteiger partial charge in [0, 0.05) is 28.9 Å². The van der Waals surface area contributed by atoms with Crippen LogP contribution in [-0.2, 0) is 13.0 Å². The SMILES string of the molecule is CC(C)COc1ccc(Cl)cc1Cc1nc(-c2nc3ccc(CN4CCCC4)cc3[nH]2)cs1. The Balaban J connectivity index is 1.34. The molecule has 172 valence electrons. The molecular weight excluding hydrogens is 452 g/mol. The lowest BCUT2D eigenvalue weighted by molar-refractivity contribution is 0.269. The second-order valence-corrected chi connectivity index (χ2v) is 10.6. The molecule has 0 aliphatic carbocycles. The predicted molar refractivity (Wildman–Crippen MR) is 136 cm³/mol. The smallest absolute Gasteiger partial charge is 0.158 e. The number of hydrogen-bond acceptors (Lipinski definition) is 5. The highest BCUT2D eigenvalue weighted by Crippen LogP contribution is 2.29. The Bertz CT molecular complexity index is 1240. The molecule has 2 aromatic heterocycles. The van der Waals surface area contributed by atoms with Gasteiger partial charge in [0.15, 0.2) is 5.82 Å². The highest BCUT2D eigenvalue weighted by Gasteiger charge is 2.15. The third kappa shape index (κ3) is 5.40. The summed E-state index contributed by atoms with van der Waals surface area (Å²) in [6.45, 7) is 8.37. The van der Waals surface area contributed by atoms with Gasteiger partial charge in [0.05, 0.1) is 22.6 Å². The van der Waals surface area contributed by atoms with Gasteiger partial charge in [0.1, 0.15) is 11.4 Å². The summed E-state index contributed by atoms with van der Waals surface area (Å²) in [5.74, 6) is 2.15. The van der Waals surface area contributed by atoms with E-state index >= 15 is 0 Å². The van der Waals surface area contributed by atoms with Crippen LogP contribution in [0.4, 0.5) is 0 Å². The fourth-order valence-electron chi connectivity index (χ4n) is 4.22. The number of fused-ring (bicyclic) bond motifs is 1. The number of benzene rings is 2. The summed E-state index contributed by atoms with van der Waals surface area (Å²) < 4.78 is 6.01. The largest absolute Gasteiger partial charge is 0.493 e. The van der Waals surface area contributed by atoms with Gasteiger partial charge >= 0.3 is 0 Å². The number of ether oxygens (including phenoxy) is 1. The van der Waals surface area contributed by atoms with Crippen LogP contribution in [-0.4, -0.2) is 39.5 Å². The summed E-state index contributed by atoms with van der Waals surface area (Å²) >= 11 is 7.90. The molecule has 0 radical (unpaired) electrons. The summed E-state index contributed by atoms with van der Waals surface area (Å²) in [7, 11) is 0. The van der Waals surface area contributed by atoms with Gasteiger partial charge in [-0.1, -0.05) is 31.5 Å². The highest BCUT2D eigenvalue weighted by molar-refractivity contribution is 7.10. The molecular formula is C26H29ClN4OS. The minimum absolute atomic E-state index is 0.462. The van der Waals surface area contributed by atoms with Gasteiger partial charge in [-0.05, 0) is 67.7 Å². The zero-order valence-corrected chi connectivity index (χ0v) is 20.7. The van der Waals surface area contributed by atoms with Crippen molar-refractivity contribution >= 4 is 34.0 Å². The van der Waals surface area contributed by atoms with E-state index in [1.165, 1.54) is 31.5 Å². The predicted octanol–water partition coefficient (Wildman–Crippen LogP) is 6.56. The van der Waals surface area contributed by atoms with Crippen LogP contribution in [0.25, 0.3) is 22.6 Å². The van der Waals surface area contributed by atoms with Gasteiger partial charge < -0.3 is 9.72 Å². The van der Waals surface area contributed by atoms with Crippen LogP contribution < -0.4 is 4.74 Å². The Morgan fingerprint density at radius 1 is 1.12 bits per heavy atom. The maximum atomic E-state index is 6.27. The van der Waals surface area contributed by atoms with Crippen LogP contribution in [0.15, 0.2) is 41.8 Å². The number of H-pyrrole nitrogens is 1. The van der Waals surface area contributed by atoms with Crippen LogP contribution in [0.2, 0.25) is 5.02 Å². The molecule has 3 heterocycles. The van der Waals surface area contributed by atoms with Gasteiger partial charge in [-0.3, -0.25) is 4.90 Å². The van der Waals surface area contributed by atoms with Crippen molar-refractivity contribution in [3.63, 3.8) is 0 Å². The van der Waals surface area contributed by atoms with E-state index in [1.807, 2.05) is 18.2 Å². The fraction of sp³-hybridized carbons (Fsp3) is 0.385. The minimum Gasteiger partial charge on any atom is -0.493 e. The van der Waals surface area contributed by atoms with Gasteiger partial charge in [-0.15, -0.1) is 11.3 Å². The molecule has 5 nitrogen and oxygen atoms in total. The van der Waals surface area contributed by atoms with E-state index in [1.54, 1.807) is 11.3 Å². The van der Waals surface area contributed by atoms with E-state index < -0.39 is 0 Å². The second kappa shape index (κ2) is 9.84. The average Bonchev–Trinajstić information content (AvgIpc) is 3.53. The molecule has 2 aromatic carbocycles. The molecule has 0 saturated carbocycles. The molecule has 0 atom stereocenters. The molecule has 1 aliphatic rings. The third-order valence-corrected chi connectivity index (χ3v) is 6.97. The molecule has 1 saturated heterocycles. The number of nitrogens with one attached hydrogen (secondary N) is 1. The molecule has 33 heavy (non-hydrogen) atoms. The number of aromatic nitrogens is 3. The number of nitrogens with zero attached hydrogens (tertiary/aromatic N) is 3. The quantitative estimate of drug-likeness (QED) is 0.310. The van der Waals surface area contributed by atoms with Gasteiger partial charge in [0.2, 0.25) is 0 Å². The lowest BCUT2D eigenvalue weighted by atomic mass is 10.1. The standard InChI is InChI=1S/C26H29ClN4OS/c1-17(2)15-32-24-8-6-20(27)12-19(24)13-25-28-23(16-33-25)26-29-21-7-5-18(11-22(21)30-26)14-31-9-3-4-10-31/h5-8,11-12,16-17H,3-4,9-10,13-15H2,1-2H3,(H,29,30). The maximum absolute atomic E-state index is 6.27. The first-order valence-electron chi connectivity index (χ1n) is 11.6. The normalized spacial score (nSPS) is 14.5. The first-order valence-corrected chi connectivity index (χ1v) is 12.9. The van der Waals surface area contributed by atoms with E-state index in [-0.39, 0.29) is 0 Å². The Hall–Kier alpha value is -2.41. The van der Waals surface area contributed by atoms with Crippen molar-refractivity contribution in [3.8, 4) is 17.3 Å². The molecule has 1 N–H and O–H groups in total. The van der Waals surface area contributed by atoms with E-state index in [0.29, 0.717) is 24.0 Å². The number of halogens is 1. The lowest BCUT2D eigenvalue weighted by Gasteiger charge is -2.14. The molecule has 0 bridgehead atoms.